The molecule has 0 rings (SSSR count). The van der Waals surface area contributed by atoms with Gasteiger partial charge in [0.05, 0.1) is 0 Å². The number of unbranched alkanes of at least 4 members (excludes halogenated alkanes) is 34. The molecule has 0 bridgehead atoms. The lowest BCUT2D eigenvalue weighted by molar-refractivity contribution is -0.167. The third kappa shape index (κ3) is 66.9. The van der Waals surface area contributed by atoms with E-state index >= 15 is 0 Å². The van der Waals surface area contributed by atoms with E-state index in [1.54, 1.807) is 0 Å². The van der Waals surface area contributed by atoms with Crippen LogP contribution in [0.1, 0.15) is 335 Å². The van der Waals surface area contributed by atoms with Gasteiger partial charge < -0.3 is 14.2 Å². The highest BCUT2D eigenvalue weighted by Crippen LogP contribution is 2.17. The molecule has 0 saturated heterocycles. The summed E-state index contributed by atoms with van der Waals surface area (Å²) in [6, 6.07) is 0. The van der Waals surface area contributed by atoms with E-state index < -0.39 is 6.10 Å². The summed E-state index contributed by atoms with van der Waals surface area (Å²) in [6.45, 7) is 6.51. The lowest BCUT2D eigenvalue weighted by Gasteiger charge is -2.18. The summed E-state index contributed by atoms with van der Waals surface area (Å²) in [5.74, 6) is -0.925. The number of ether oxygens (including phenoxy) is 3. The zero-order valence-electron chi connectivity index (χ0n) is 54.0. The SMILES string of the molecule is CC/C=C\C/C=C\C/C=C\C/C=C\C/C=C\C/C=C\CCCCC(=O)OC(COC(=O)CCCCCCCCCCCCCCCC)COC(=O)CCCCCCCCCCCCCCCC/C=C\C/C=C\C/C=C\CCCCCCC. The van der Waals surface area contributed by atoms with Gasteiger partial charge in [-0.05, 0) is 109 Å². The molecule has 0 heterocycles. The Hall–Kier alpha value is -3.93. The molecule has 82 heavy (non-hydrogen) atoms. The second kappa shape index (κ2) is 69.6. The second-order valence-corrected chi connectivity index (χ2v) is 23.1. The molecule has 0 aromatic heterocycles. The highest BCUT2D eigenvalue weighted by Gasteiger charge is 2.19. The molecule has 0 fully saturated rings. The lowest BCUT2D eigenvalue weighted by Crippen LogP contribution is -2.30. The quantitative estimate of drug-likeness (QED) is 0.0261. The molecule has 0 spiro atoms. The average molecular weight is 1140 g/mol. The molecule has 0 aromatic carbocycles. The van der Waals surface area contributed by atoms with Crippen molar-refractivity contribution in [2.75, 3.05) is 13.2 Å². The first-order valence-corrected chi connectivity index (χ1v) is 34.9. The van der Waals surface area contributed by atoms with Crippen LogP contribution in [0.4, 0.5) is 0 Å². The smallest absolute Gasteiger partial charge is 0.306 e. The van der Waals surface area contributed by atoms with Gasteiger partial charge >= 0.3 is 17.9 Å². The summed E-state index contributed by atoms with van der Waals surface area (Å²) in [5.41, 5.74) is 0. The number of carbonyl (C=O) groups is 3. The van der Waals surface area contributed by atoms with Gasteiger partial charge in [-0.15, -0.1) is 0 Å². The third-order valence-electron chi connectivity index (χ3n) is 15.0. The average Bonchev–Trinajstić information content (AvgIpc) is 3.47. The second-order valence-electron chi connectivity index (χ2n) is 23.1. The molecule has 0 saturated carbocycles. The van der Waals surface area contributed by atoms with Gasteiger partial charge in [0.25, 0.3) is 0 Å². The van der Waals surface area contributed by atoms with Crippen LogP contribution in [0.5, 0.6) is 0 Å². The van der Waals surface area contributed by atoms with Crippen LogP contribution < -0.4 is 0 Å². The summed E-state index contributed by atoms with van der Waals surface area (Å²) in [6.07, 6.45) is 95.4. The number of hydrogen-bond acceptors (Lipinski definition) is 6. The molecule has 0 aliphatic heterocycles. The third-order valence-corrected chi connectivity index (χ3v) is 15.0. The van der Waals surface area contributed by atoms with Crippen molar-refractivity contribution < 1.29 is 28.6 Å². The van der Waals surface area contributed by atoms with Gasteiger partial charge in [-0.2, -0.15) is 0 Å². The zero-order valence-corrected chi connectivity index (χ0v) is 54.0. The molecule has 0 aliphatic carbocycles. The van der Waals surface area contributed by atoms with Gasteiger partial charge in [-0.25, -0.2) is 0 Å². The molecular formula is C76H130O6. The van der Waals surface area contributed by atoms with Crippen molar-refractivity contribution in [3.05, 3.63) is 109 Å². The highest BCUT2D eigenvalue weighted by molar-refractivity contribution is 5.71. The van der Waals surface area contributed by atoms with Crippen LogP contribution in [0, 0.1) is 0 Å². The van der Waals surface area contributed by atoms with Gasteiger partial charge in [-0.3, -0.25) is 14.4 Å². The fourth-order valence-corrected chi connectivity index (χ4v) is 9.81. The number of allylic oxidation sites excluding steroid dienone is 18. The van der Waals surface area contributed by atoms with Crippen molar-refractivity contribution in [1.82, 2.24) is 0 Å². The maximum atomic E-state index is 12.9. The normalized spacial score (nSPS) is 12.8. The summed E-state index contributed by atoms with van der Waals surface area (Å²) < 4.78 is 16.9. The Labute approximate surface area is 508 Å². The Bertz CT molecular complexity index is 1640. The minimum Gasteiger partial charge on any atom is -0.462 e. The van der Waals surface area contributed by atoms with Gasteiger partial charge in [0, 0.05) is 19.3 Å². The molecular weight excluding hydrogens is 1010 g/mol. The van der Waals surface area contributed by atoms with E-state index in [-0.39, 0.29) is 37.5 Å². The van der Waals surface area contributed by atoms with Crippen molar-refractivity contribution in [2.24, 2.45) is 0 Å². The minimum atomic E-state index is -0.803. The van der Waals surface area contributed by atoms with Gasteiger partial charge in [-0.1, -0.05) is 316 Å². The fourth-order valence-electron chi connectivity index (χ4n) is 9.81. The molecule has 0 aromatic rings. The highest BCUT2D eigenvalue weighted by atomic mass is 16.6. The Morgan fingerprint density at radius 1 is 0.256 bits per heavy atom. The summed E-state index contributed by atoms with van der Waals surface area (Å²) >= 11 is 0. The van der Waals surface area contributed by atoms with E-state index in [1.807, 2.05) is 0 Å². The van der Waals surface area contributed by atoms with Crippen LogP contribution in [0.3, 0.4) is 0 Å². The molecule has 1 unspecified atom stereocenters. The fraction of sp³-hybridized carbons (Fsp3) is 0.724. The van der Waals surface area contributed by atoms with Crippen molar-refractivity contribution >= 4 is 17.9 Å². The Morgan fingerprint density at radius 3 is 0.768 bits per heavy atom. The Morgan fingerprint density at radius 2 is 0.476 bits per heavy atom. The lowest BCUT2D eigenvalue weighted by atomic mass is 10.0. The predicted octanol–water partition coefficient (Wildman–Crippen LogP) is 24.2. The minimum absolute atomic E-state index is 0.0934. The Kier molecular flexibility index (Phi) is 66.2. The van der Waals surface area contributed by atoms with E-state index in [1.165, 1.54) is 186 Å². The van der Waals surface area contributed by atoms with Gasteiger partial charge in [0.15, 0.2) is 6.10 Å². The maximum absolute atomic E-state index is 12.9. The molecule has 0 N–H and O–H groups in total. The molecule has 6 nitrogen and oxygen atoms in total. The first kappa shape index (κ1) is 78.1. The summed E-state index contributed by atoms with van der Waals surface area (Å²) in [4.78, 5) is 38.4. The first-order chi connectivity index (χ1) is 40.5. The van der Waals surface area contributed by atoms with E-state index in [4.69, 9.17) is 14.2 Å². The van der Waals surface area contributed by atoms with Crippen LogP contribution in [-0.4, -0.2) is 37.2 Å². The van der Waals surface area contributed by atoms with Gasteiger partial charge in [0.1, 0.15) is 13.2 Å². The van der Waals surface area contributed by atoms with Crippen molar-refractivity contribution in [1.29, 1.82) is 0 Å². The van der Waals surface area contributed by atoms with E-state index in [2.05, 4.69) is 130 Å². The molecule has 1 atom stereocenters. The Balaban J connectivity index is 4.34. The maximum Gasteiger partial charge on any atom is 0.306 e. The van der Waals surface area contributed by atoms with Crippen molar-refractivity contribution in [3.63, 3.8) is 0 Å². The standard InChI is InChI=1S/C76H130O6/c1-4-7-10-13-16-19-22-25-28-30-32-34-35-36-37-38-39-40-41-43-44-46-48-51-54-57-60-63-66-69-75(78)81-72-73(71-80-74(77)68-65-62-59-56-53-50-27-24-21-18-15-12-9-6-3)82-76(79)70-67-64-61-58-55-52-49-47-45-42-33-31-29-26-23-20-17-14-11-8-5-2/h8,11,17,20,22,25-26,29-30,32-33,35-36,42,47,49,55,58,73H,4-7,9-10,12-16,18-19,21,23-24,27-28,31,34,37-41,43-46,48,50-54,56-57,59-72H2,1-3H3/b11-8-,20-17-,25-22-,29-26-,32-30-,36-35-,42-33-,49-47-,58-55-. The molecule has 0 radical (unpaired) electrons. The first-order valence-electron chi connectivity index (χ1n) is 34.9. The van der Waals surface area contributed by atoms with Crippen molar-refractivity contribution in [2.45, 2.75) is 341 Å². The van der Waals surface area contributed by atoms with E-state index in [0.717, 1.165) is 103 Å². The monoisotopic (exact) mass is 1140 g/mol. The zero-order chi connectivity index (χ0) is 59.2. The molecule has 0 amide bonds. The van der Waals surface area contributed by atoms with Crippen LogP contribution in [0.25, 0.3) is 0 Å². The van der Waals surface area contributed by atoms with Crippen LogP contribution in [-0.2, 0) is 28.6 Å². The number of hydrogen-bond donors (Lipinski definition) is 0. The van der Waals surface area contributed by atoms with Crippen LogP contribution in [0.15, 0.2) is 109 Å². The van der Waals surface area contributed by atoms with Crippen LogP contribution in [0.2, 0.25) is 0 Å². The van der Waals surface area contributed by atoms with E-state index in [9.17, 15) is 14.4 Å². The molecule has 0 aliphatic rings. The largest absolute Gasteiger partial charge is 0.462 e. The summed E-state index contributed by atoms with van der Waals surface area (Å²) in [5, 5.41) is 0. The van der Waals surface area contributed by atoms with Crippen LogP contribution >= 0.6 is 0 Å². The van der Waals surface area contributed by atoms with Crippen molar-refractivity contribution in [3.8, 4) is 0 Å². The van der Waals surface area contributed by atoms with Gasteiger partial charge in [0.2, 0.25) is 0 Å². The number of carbonyl (C=O) groups excluding carboxylic acids is 3. The van der Waals surface area contributed by atoms with E-state index in [0.29, 0.717) is 19.3 Å². The topological polar surface area (TPSA) is 78.9 Å². The molecule has 6 heteroatoms. The number of esters is 3. The molecule has 470 valence electrons. The predicted molar refractivity (Wildman–Crippen MR) is 357 cm³/mol. The number of rotatable bonds is 63. The summed E-state index contributed by atoms with van der Waals surface area (Å²) in [7, 11) is 0.